The molecule has 0 amide bonds. The molecule has 3 aliphatic carbocycles. The summed E-state index contributed by atoms with van der Waals surface area (Å²) in [6.45, 7) is 14.2. The van der Waals surface area contributed by atoms with E-state index in [1.165, 1.54) is 70.6 Å². The maximum absolute atomic E-state index is 2.37. The Kier molecular flexibility index (Phi) is 10.6. The third kappa shape index (κ3) is 10.5. The fraction of sp³-hybridized carbons (Fsp3) is 1.00. The van der Waals surface area contributed by atoms with Gasteiger partial charge in [0.1, 0.15) is 0 Å². The number of rotatable bonds is 0. The molecule has 138 valence electrons. The molecule has 0 heteroatoms. The van der Waals surface area contributed by atoms with Gasteiger partial charge < -0.3 is 0 Å². The fourth-order valence-electron chi connectivity index (χ4n) is 4.66. The third-order valence-corrected chi connectivity index (χ3v) is 6.46. The molecule has 4 atom stereocenters. The van der Waals surface area contributed by atoms with Crippen LogP contribution in [0.1, 0.15) is 112 Å². The molecule has 3 saturated carbocycles. The van der Waals surface area contributed by atoms with Gasteiger partial charge in [-0.1, -0.05) is 99.3 Å². The van der Waals surface area contributed by atoms with Gasteiger partial charge in [-0.05, 0) is 48.3 Å². The molecule has 0 radical (unpaired) electrons. The molecule has 0 saturated heterocycles. The molecule has 0 nitrogen and oxygen atoms in total. The Morgan fingerprint density at radius 1 is 0.348 bits per heavy atom. The van der Waals surface area contributed by atoms with Gasteiger partial charge in [-0.15, -0.1) is 0 Å². The molecule has 0 bridgehead atoms. The second-order valence-electron chi connectivity index (χ2n) is 9.77. The standard InChI is InChI=1S/2C8H16.C7H14/c1-7-3-5-8(2)6-4-7;1-7-4-3-5-8(2)6-7;1-6-3-4-7(2)5-6/h2*7-8H,3-6H2,1-2H3;6-7H,3-5H2,1-2H3/t;7-,8+;6-,7+. The van der Waals surface area contributed by atoms with E-state index in [9.17, 15) is 0 Å². The zero-order chi connectivity index (χ0) is 17.2. The summed E-state index contributed by atoms with van der Waals surface area (Å²) in [5, 5.41) is 0. The van der Waals surface area contributed by atoms with Gasteiger partial charge in [0.2, 0.25) is 0 Å². The lowest BCUT2D eigenvalue weighted by molar-refractivity contribution is 0.301. The molecule has 0 aliphatic heterocycles. The summed E-state index contributed by atoms with van der Waals surface area (Å²) in [6.07, 6.45) is 16.2. The summed E-state index contributed by atoms with van der Waals surface area (Å²) in [7, 11) is 0. The highest BCUT2D eigenvalue weighted by Crippen LogP contribution is 2.29. The van der Waals surface area contributed by atoms with Crippen molar-refractivity contribution in [3.05, 3.63) is 0 Å². The first-order chi connectivity index (χ1) is 10.9. The van der Waals surface area contributed by atoms with Crippen LogP contribution in [0.4, 0.5) is 0 Å². The Morgan fingerprint density at radius 3 is 0.826 bits per heavy atom. The number of hydrogen-bond acceptors (Lipinski definition) is 0. The van der Waals surface area contributed by atoms with E-state index in [2.05, 4.69) is 41.5 Å². The molecule has 0 aromatic carbocycles. The summed E-state index contributed by atoms with van der Waals surface area (Å²) in [4.78, 5) is 0. The van der Waals surface area contributed by atoms with Crippen LogP contribution in [0.3, 0.4) is 0 Å². The number of hydrogen-bond donors (Lipinski definition) is 0. The second-order valence-corrected chi connectivity index (χ2v) is 9.77. The molecular formula is C23H46. The van der Waals surface area contributed by atoms with E-state index in [0.29, 0.717) is 0 Å². The molecule has 0 spiro atoms. The van der Waals surface area contributed by atoms with Crippen LogP contribution in [0.25, 0.3) is 0 Å². The van der Waals surface area contributed by atoms with Crippen LogP contribution in [0.5, 0.6) is 0 Å². The second kappa shape index (κ2) is 11.5. The van der Waals surface area contributed by atoms with E-state index in [1.807, 2.05) is 0 Å². The predicted molar refractivity (Wildman–Crippen MR) is 106 cm³/mol. The summed E-state index contributed by atoms with van der Waals surface area (Å²) in [5.74, 6) is 6.11. The van der Waals surface area contributed by atoms with E-state index >= 15 is 0 Å². The molecule has 0 heterocycles. The van der Waals surface area contributed by atoms with E-state index in [4.69, 9.17) is 0 Å². The van der Waals surface area contributed by atoms with Crippen LogP contribution >= 0.6 is 0 Å². The van der Waals surface area contributed by atoms with Crippen molar-refractivity contribution in [2.75, 3.05) is 0 Å². The Balaban J connectivity index is 0.000000173. The Morgan fingerprint density at radius 2 is 0.609 bits per heavy atom. The van der Waals surface area contributed by atoms with Crippen molar-refractivity contribution in [1.82, 2.24) is 0 Å². The van der Waals surface area contributed by atoms with Crippen molar-refractivity contribution in [1.29, 1.82) is 0 Å². The maximum Gasteiger partial charge on any atom is -0.0440 e. The molecule has 3 aliphatic rings. The van der Waals surface area contributed by atoms with Crippen molar-refractivity contribution < 1.29 is 0 Å². The lowest BCUT2D eigenvalue weighted by Crippen LogP contribution is -2.09. The smallest absolute Gasteiger partial charge is 0.0440 e. The molecule has 3 rings (SSSR count). The van der Waals surface area contributed by atoms with E-state index in [-0.39, 0.29) is 0 Å². The Labute approximate surface area is 148 Å². The maximum atomic E-state index is 2.37. The van der Waals surface area contributed by atoms with Gasteiger partial charge >= 0.3 is 0 Å². The minimum absolute atomic E-state index is 1.01. The summed E-state index contributed by atoms with van der Waals surface area (Å²) in [6, 6.07) is 0. The minimum Gasteiger partial charge on any atom is -0.0625 e. The fourth-order valence-corrected chi connectivity index (χ4v) is 4.66. The zero-order valence-electron chi connectivity index (χ0n) is 17.2. The van der Waals surface area contributed by atoms with Crippen molar-refractivity contribution >= 4 is 0 Å². The highest BCUT2D eigenvalue weighted by Gasteiger charge is 2.16. The van der Waals surface area contributed by atoms with Gasteiger partial charge in [0.15, 0.2) is 0 Å². The summed E-state index contributed by atoms with van der Waals surface area (Å²) >= 11 is 0. The van der Waals surface area contributed by atoms with Crippen molar-refractivity contribution in [3.8, 4) is 0 Å². The lowest BCUT2D eigenvalue weighted by atomic mass is 9.84. The summed E-state index contributed by atoms with van der Waals surface area (Å²) in [5.41, 5.74) is 0. The van der Waals surface area contributed by atoms with E-state index < -0.39 is 0 Å². The molecule has 0 unspecified atom stereocenters. The minimum atomic E-state index is 1.01. The van der Waals surface area contributed by atoms with Gasteiger partial charge in [-0.2, -0.15) is 0 Å². The normalized spacial score (nSPS) is 40.4. The largest absolute Gasteiger partial charge is 0.0625 e. The molecular weight excluding hydrogens is 276 g/mol. The quantitative estimate of drug-likeness (QED) is 0.422. The van der Waals surface area contributed by atoms with Crippen LogP contribution in [-0.4, -0.2) is 0 Å². The molecule has 23 heavy (non-hydrogen) atoms. The lowest BCUT2D eigenvalue weighted by Gasteiger charge is -2.22. The van der Waals surface area contributed by atoms with Crippen LogP contribution in [0, 0.1) is 35.5 Å². The van der Waals surface area contributed by atoms with Gasteiger partial charge in [-0.3, -0.25) is 0 Å². The van der Waals surface area contributed by atoms with Crippen LogP contribution in [-0.2, 0) is 0 Å². The molecule has 0 N–H and O–H groups in total. The zero-order valence-corrected chi connectivity index (χ0v) is 17.2. The average molecular weight is 323 g/mol. The van der Waals surface area contributed by atoms with Crippen molar-refractivity contribution in [2.45, 2.75) is 112 Å². The van der Waals surface area contributed by atoms with Gasteiger partial charge in [0.05, 0.1) is 0 Å². The molecule has 0 aromatic heterocycles. The van der Waals surface area contributed by atoms with Crippen molar-refractivity contribution in [3.63, 3.8) is 0 Å². The van der Waals surface area contributed by atoms with Crippen LogP contribution in [0.15, 0.2) is 0 Å². The predicted octanol–water partition coefficient (Wildman–Crippen LogP) is 8.11. The SMILES string of the molecule is CC1CCC(C)CC1.C[C@@H]1CCC[C@H](C)C1.C[C@@H]1CC[C@H](C)C1. The first-order valence-electron chi connectivity index (χ1n) is 10.9. The Hall–Kier alpha value is 0. The third-order valence-electron chi connectivity index (χ3n) is 6.46. The van der Waals surface area contributed by atoms with Gasteiger partial charge in [-0.25, -0.2) is 0 Å². The average Bonchev–Trinajstić information content (AvgIpc) is 2.87. The first kappa shape index (κ1) is 21.0. The molecule has 0 aromatic rings. The van der Waals surface area contributed by atoms with E-state index in [0.717, 1.165) is 35.5 Å². The van der Waals surface area contributed by atoms with Crippen LogP contribution < -0.4 is 0 Å². The highest BCUT2D eigenvalue weighted by molar-refractivity contribution is 4.68. The van der Waals surface area contributed by atoms with Gasteiger partial charge in [0.25, 0.3) is 0 Å². The highest BCUT2D eigenvalue weighted by atomic mass is 14.2. The van der Waals surface area contributed by atoms with Crippen molar-refractivity contribution in [2.24, 2.45) is 35.5 Å². The van der Waals surface area contributed by atoms with Crippen LogP contribution in [0.2, 0.25) is 0 Å². The summed E-state index contributed by atoms with van der Waals surface area (Å²) < 4.78 is 0. The Bertz CT molecular complexity index is 248. The van der Waals surface area contributed by atoms with E-state index in [1.54, 1.807) is 0 Å². The first-order valence-corrected chi connectivity index (χ1v) is 10.9. The topological polar surface area (TPSA) is 0 Å². The monoisotopic (exact) mass is 322 g/mol. The van der Waals surface area contributed by atoms with Gasteiger partial charge in [0, 0.05) is 0 Å². The molecule has 3 fully saturated rings.